The smallest absolute Gasteiger partial charge is 0.251 e. The number of nitrogens with one attached hydrogen (secondary N) is 1. The van der Waals surface area contributed by atoms with Crippen LogP contribution in [0.3, 0.4) is 0 Å². The van der Waals surface area contributed by atoms with E-state index in [0.29, 0.717) is 6.07 Å². The Balaban J connectivity index is 2.70. The topological polar surface area (TPSA) is 49.3 Å². The van der Waals surface area contributed by atoms with Crippen molar-refractivity contribution in [1.29, 1.82) is 0 Å². The minimum absolute atomic E-state index is 0.0729. The molecule has 0 atom stereocenters. The van der Waals surface area contributed by atoms with E-state index >= 15 is 0 Å². The van der Waals surface area contributed by atoms with E-state index in [2.05, 4.69) is 5.32 Å². The normalized spacial score (nSPS) is 11.4. The Bertz CT molecular complexity index is 399. The number of hydrogen-bond donors (Lipinski definition) is 2. The number of hydrogen-bond acceptors (Lipinski definition) is 2. The zero-order valence-electron chi connectivity index (χ0n) is 9.76. The van der Waals surface area contributed by atoms with Crippen molar-refractivity contribution in [2.45, 2.75) is 13.8 Å². The molecule has 0 aliphatic carbocycles. The molecule has 0 saturated heterocycles. The fraction of sp³-hybridized carbons (Fsp3) is 0.417. The van der Waals surface area contributed by atoms with Crippen molar-refractivity contribution in [3.05, 3.63) is 35.4 Å². The molecule has 1 amide bonds. The van der Waals surface area contributed by atoms with Crippen molar-refractivity contribution >= 4 is 5.91 Å². The fourth-order valence-corrected chi connectivity index (χ4v) is 1.16. The number of amides is 1. The van der Waals surface area contributed by atoms with Crippen LogP contribution in [0, 0.1) is 17.0 Å². The number of carbonyl (C=O) groups excluding carboxylic acids is 1. The second-order valence-electron chi connectivity index (χ2n) is 4.66. The van der Waals surface area contributed by atoms with Gasteiger partial charge in [-0.2, -0.15) is 0 Å². The van der Waals surface area contributed by atoms with Crippen molar-refractivity contribution in [2.75, 3.05) is 13.2 Å². The van der Waals surface area contributed by atoms with E-state index in [1.165, 1.54) is 0 Å². The van der Waals surface area contributed by atoms with Crippen molar-refractivity contribution in [2.24, 2.45) is 5.41 Å². The van der Waals surface area contributed by atoms with Crippen molar-refractivity contribution < 1.29 is 18.7 Å². The van der Waals surface area contributed by atoms with E-state index in [4.69, 9.17) is 5.11 Å². The van der Waals surface area contributed by atoms with Crippen LogP contribution in [0.2, 0.25) is 0 Å². The van der Waals surface area contributed by atoms with Gasteiger partial charge in [-0.1, -0.05) is 13.8 Å². The van der Waals surface area contributed by atoms with Gasteiger partial charge in [-0.25, -0.2) is 8.78 Å². The summed E-state index contributed by atoms with van der Waals surface area (Å²) in [6.07, 6.45) is 0. The Morgan fingerprint density at radius 2 is 1.82 bits per heavy atom. The average molecular weight is 243 g/mol. The van der Waals surface area contributed by atoms with Gasteiger partial charge in [0.25, 0.3) is 5.91 Å². The Labute approximate surface area is 98.5 Å². The quantitative estimate of drug-likeness (QED) is 0.845. The molecule has 0 aromatic heterocycles. The molecule has 1 rings (SSSR count). The summed E-state index contributed by atoms with van der Waals surface area (Å²) in [4.78, 5) is 11.6. The van der Waals surface area contributed by atoms with Crippen LogP contribution in [-0.2, 0) is 0 Å². The number of benzene rings is 1. The molecule has 0 heterocycles. The molecule has 1 aromatic rings. The van der Waals surface area contributed by atoms with Gasteiger partial charge < -0.3 is 10.4 Å². The van der Waals surface area contributed by atoms with E-state index in [1.54, 1.807) is 13.8 Å². The molecule has 0 radical (unpaired) electrons. The highest BCUT2D eigenvalue weighted by atomic mass is 19.1. The van der Waals surface area contributed by atoms with Crippen LogP contribution in [0.4, 0.5) is 8.78 Å². The van der Waals surface area contributed by atoms with Crippen LogP contribution in [0.15, 0.2) is 18.2 Å². The Hall–Kier alpha value is -1.49. The minimum atomic E-state index is -0.795. The summed E-state index contributed by atoms with van der Waals surface area (Å²) in [7, 11) is 0. The van der Waals surface area contributed by atoms with Crippen molar-refractivity contribution in [3.63, 3.8) is 0 Å². The highest BCUT2D eigenvalue weighted by molar-refractivity contribution is 5.94. The molecule has 0 saturated carbocycles. The lowest BCUT2D eigenvalue weighted by molar-refractivity contribution is 0.0910. The lowest BCUT2D eigenvalue weighted by atomic mass is 9.95. The number of halogens is 2. The predicted octanol–water partition coefficient (Wildman–Crippen LogP) is 1.71. The number of aliphatic hydroxyl groups is 1. The van der Waals surface area contributed by atoms with E-state index < -0.39 is 23.0 Å². The molecule has 0 spiro atoms. The van der Waals surface area contributed by atoms with E-state index in [-0.39, 0.29) is 18.7 Å². The maximum absolute atomic E-state index is 12.9. The van der Waals surface area contributed by atoms with Gasteiger partial charge in [0.1, 0.15) is 11.6 Å². The van der Waals surface area contributed by atoms with Gasteiger partial charge >= 0.3 is 0 Å². The molecule has 94 valence electrons. The standard InChI is InChI=1S/C12H15F2NO2/c1-12(2,7-16)6-15-11(17)8-3-9(13)5-10(14)4-8/h3-5,16H,6-7H2,1-2H3,(H,15,17). The summed E-state index contributed by atoms with van der Waals surface area (Å²) >= 11 is 0. The molecule has 2 N–H and O–H groups in total. The summed E-state index contributed by atoms with van der Waals surface area (Å²) in [6.45, 7) is 3.66. The second kappa shape index (κ2) is 5.23. The maximum atomic E-state index is 12.9. The van der Waals surface area contributed by atoms with Gasteiger partial charge in [0.05, 0.1) is 0 Å². The van der Waals surface area contributed by atoms with E-state index in [9.17, 15) is 13.6 Å². The first kappa shape index (κ1) is 13.6. The highest BCUT2D eigenvalue weighted by Crippen LogP contribution is 2.12. The van der Waals surface area contributed by atoms with Gasteiger partial charge in [-0.05, 0) is 12.1 Å². The number of aliphatic hydroxyl groups excluding tert-OH is 1. The molecule has 0 aliphatic heterocycles. The number of carbonyl (C=O) groups is 1. The first-order valence-corrected chi connectivity index (χ1v) is 5.19. The lowest BCUT2D eigenvalue weighted by Gasteiger charge is -2.21. The van der Waals surface area contributed by atoms with Gasteiger partial charge in [-0.15, -0.1) is 0 Å². The molecule has 1 aromatic carbocycles. The average Bonchev–Trinajstić information content (AvgIpc) is 2.24. The highest BCUT2D eigenvalue weighted by Gasteiger charge is 2.18. The molecular formula is C12H15F2NO2. The summed E-state index contributed by atoms with van der Waals surface area (Å²) in [5.41, 5.74) is -0.544. The molecular weight excluding hydrogens is 228 g/mol. The van der Waals surface area contributed by atoms with Crippen LogP contribution in [0.5, 0.6) is 0 Å². The first-order valence-electron chi connectivity index (χ1n) is 5.19. The molecule has 0 aliphatic rings. The van der Waals surface area contributed by atoms with Gasteiger partial charge in [-0.3, -0.25) is 4.79 Å². The Morgan fingerprint density at radius 1 is 1.29 bits per heavy atom. The number of rotatable bonds is 4. The predicted molar refractivity (Wildman–Crippen MR) is 59.6 cm³/mol. The minimum Gasteiger partial charge on any atom is -0.396 e. The lowest BCUT2D eigenvalue weighted by Crippen LogP contribution is -2.36. The maximum Gasteiger partial charge on any atom is 0.251 e. The monoisotopic (exact) mass is 243 g/mol. The van der Waals surface area contributed by atoms with Crippen LogP contribution in [-0.4, -0.2) is 24.2 Å². The first-order chi connectivity index (χ1) is 7.84. The summed E-state index contributed by atoms with van der Waals surface area (Å²) in [5, 5.41) is 11.5. The van der Waals surface area contributed by atoms with Gasteiger partial charge in [0, 0.05) is 30.2 Å². The van der Waals surface area contributed by atoms with Gasteiger partial charge in [0.2, 0.25) is 0 Å². The third kappa shape index (κ3) is 4.11. The largest absolute Gasteiger partial charge is 0.396 e. The summed E-state index contributed by atoms with van der Waals surface area (Å²) < 4.78 is 25.7. The Kier molecular flexibility index (Phi) is 4.17. The van der Waals surface area contributed by atoms with Crippen LogP contribution < -0.4 is 5.32 Å². The van der Waals surface area contributed by atoms with E-state index in [1.807, 2.05) is 0 Å². The summed E-state index contributed by atoms with van der Waals surface area (Å²) in [5.74, 6) is -2.15. The molecule has 0 unspecified atom stereocenters. The summed E-state index contributed by atoms with van der Waals surface area (Å²) in [6, 6.07) is 2.63. The molecule has 0 fully saturated rings. The third-order valence-electron chi connectivity index (χ3n) is 2.28. The Morgan fingerprint density at radius 3 is 2.29 bits per heavy atom. The van der Waals surface area contributed by atoms with Crippen LogP contribution in [0.25, 0.3) is 0 Å². The SMILES string of the molecule is CC(C)(CO)CNC(=O)c1cc(F)cc(F)c1. The molecule has 0 bridgehead atoms. The molecule has 5 heteroatoms. The molecule has 3 nitrogen and oxygen atoms in total. The third-order valence-corrected chi connectivity index (χ3v) is 2.28. The van der Waals surface area contributed by atoms with Crippen LogP contribution >= 0.6 is 0 Å². The van der Waals surface area contributed by atoms with Crippen molar-refractivity contribution in [1.82, 2.24) is 5.32 Å². The fourth-order valence-electron chi connectivity index (χ4n) is 1.16. The van der Waals surface area contributed by atoms with Crippen LogP contribution in [0.1, 0.15) is 24.2 Å². The molecule has 17 heavy (non-hydrogen) atoms. The van der Waals surface area contributed by atoms with Crippen molar-refractivity contribution in [3.8, 4) is 0 Å². The second-order valence-corrected chi connectivity index (χ2v) is 4.66. The zero-order valence-corrected chi connectivity index (χ0v) is 9.76. The van der Waals surface area contributed by atoms with Gasteiger partial charge in [0.15, 0.2) is 0 Å². The van der Waals surface area contributed by atoms with E-state index in [0.717, 1.165) is 12.1 Å². The zero-order chi connectivity index (χ0) is 13.1.